The number of aryl methyl sites for hydroxylation is 1. The van der Waals surface area contributed by atoms with Crippen molar-refractivity contribution in [3.63, 3.8) is 0 Å². The van der Waals surface area contributed by atoms with Crippen LogP contribution in [0.3, 0.4) is 0 Å². The second kappa shape index (κ2) is 5.26. The van der Waals surface area contributed by atoms with Crippen LogP contribution in [0.25, 0.3) is 0 Å². The van der Waals surface area contributed by atoms with Crippen molar-refractivity contribution in [1.82, 2.24) is 15.5 Å². The first-order valence-electron chi connectivity index (χ1n) is 6.06. The van der Waals surface area contributed by atoms with Crippen LogP contribution in [0.5, 0.6) is 0 Å². The highest BCUT2D eigenvalue weighted by molar-refractivity contribution is 4.89. The fourth-order valence-electron chi connectivity index (χ4n) is 2.40. The lowest BCUT2D eigenvalue weighted by molar-refractivity contribution is -0.189. The van der Waals surface area contributed by atoms with E-state index in [0.717, 1.165) is 6.42 Å². The number of hydrogen-bond acceptors (Lipinski definition) is 4. The fourth-order valence-corrected chi connectivity index (χ4v) is 2.40. The number of halogens is 3. The SMILES string of the molecule is Cc1nc(CN[C@H]2CCCC[C@H]2C(F)(F)F)no1. The van der Waals surface area contributed by atoms with Crippen molar-refractivity contribution in [3.05, 3.63) is 11.7 Å². The first kappa shape index (κ1) is 13.3. The molecule has 0 saturated heterocycles. The Morgan fingerprint density at radius 2 is 2.06 bits per heavy atom. The van der Waals surface area contributed by atoms with Crippen molar-refractivity contribution >= 4 is 0 Å². The maximum Gasteiger partial charge on any atom is 0.393 e. The number of nitrogens with one attached hydrogen (secondary N) is 1. The van der Waals surface area contributed by atoms with Gasteiger partial charge in [-0.25, -0.2) is 0 Å². The van der Waals surface area contributed by atoms with Gasteiger partial charge in [-0.1, -0.05) is 18.0 Å². The third-order valence-electron chi connectivity index (χ3n) is 3.28. The van der Waals surface area contributed by atoms with Crippen molar-refractivity contribution in [2.45, 2.75) is 51.4 Å². The highest BCUT2D eigenvalue weighted by Gasteiger charge is 2.45. The molecule has 1 aromatic rings. The fraction of sp³-hybridized carbons (Fsp3) is 0.818. The van der Waals surface area contributed by atoms with Crippen molar-refractivity contribution < 1.29 is 17.7 Å². The first-order chi connectivity index (χ1) is 8.47. The van der Waals surface area contributed by atoms with Gasteiger partial charge in [0.25, 0.3) is 0 Å². The summed E-state index contributed by atoms with van der Waals surface area (Å²) in [5.74, 6) is -0.443. The van der Waals surface area contributed by atoms with Gasteiger partial charge in [0.15, 0.2) is 5.82 Å². The average Bonchev–Trinajstić information content (AvgIpc) is 2.72. The summed E-state index contributed by atoms with van der Waals surface area (Å²) in [6.07, 6.45) is -1.92. The van der Waals surface area contributed by atoms with Gasteiger partial charge in [-0.3, -0.25) is 0 Å². The van der Waals surface area contributed by atoms with Gasteiger partial charge in [-0.05, 0) is 12.8 Å². The van der Waals surface area contributed by atoms with Crippen LogP contribution in [0.4, 0.5) is 13.2 Å². The molecule has 1 fully saturated rings. The Morgan fingerprint density at radius 1 is 1.33 bits per heavy atom. The molecule has 1 heterocycles. The van der Waals surface area contributed by atoms with Gasteiger partial charge < -0.3 is 9.84 Å². The smallest absolute Gasteiger partial charge is 0.340 e. The molecule has 18 heavy (non-hydrogen) atoms. The zero-order valence-corrected chi connectivity index (χ0v) is 10.1. The van der Waals surface area contributed by atoms with Gasteiger partial charge in [0.05, 0.1) is 12.5 Å². The number of hydrogen-bond donors (Lipinski definition) is 1. The van der Waals surface area contributed by atoms with Gasteiger partial charge in [0.2, 0.25) is 5.89 Å². The minimum Gasteiger partial charge on any atom is -0.340 e. The van der Waals surface area contributed by atoms with Crippen LogP contribution >= 0.6 is 0 Å². The molecule has 1 aliphatic rings. The average molecular weight is 263 g/mol. The normalized spacial score (nSPS) is 25.3. The molecule has 0 unspecified atom stereocenters. The zero-order chi connectivity index (χ0) is 13.2. The summed E-state index contributed by atoms with van der Waals surface area (Å²) in [5, 5.41) is 6.56. The van der Waals surface area contributed by atoms with Gasteiger partial charge in [-0.15, -0.1) is 0 Å². The Labute approximate surface area is 103 Å². The topological polar surface area (TPSA) is 51.0 Å². The summed E-state index contributed by atoms with van der Waals surface area (Å²) in [6.45, 7) is 1.87. The monoisotopic (exact) mass is 263 g/mol. The van der Waals surface area contributed by atoms with Gasteiger partial charge in [0.1, 0.15) is 0 Å². The molecule has 1 aliphatic carbocycles. The quantitative estimate of drug-likeness (QED) is 0.910. The molecule has 0 aliphatic heterocycles. The van der Waals surface area contributed by atoms with Crippen LogP contribution in [0.15, 0.2) is 4.52 Å². The largest absolute Gasteiger partial charge is 0.393 e. The molecule has 7 heteroatoms. The number of alkyl halides is 3. The lowest BCUT2D eigenvalue weighted by atomic mass is 9.84. The summed E-state index contributed by atoms with van der Waals surface area (Å²) in [5.41, 5.74) is 0. The Balaban J connectivity index is 1.93. The van der Waals surface area contributed by atoms with E-state index in [1.807, 2.05) is 0 Å². The van der Waals surface area contributed by atoms with Crippen LogP contribution in [0, 0.1) is 12.8 Å². The molecule has 1 N–H and O–H groups in total. The molecule has 0 spiro atoms. The molecule has 0 amide bonds. The van der Waals surface area contributed by atoms with Crippen LogP contribution in [-0.4, -0.2) is 22.4 Å². The highest BCUT2D eigenvalue weighted by Crippen LogP contribution is 2.37. The minimum absolute atomic E-state index is 0.201. The number of nitrogens with zero attached hydrogens (tertiary/aromatic N) is 2. The van der Waals surface area contributed by atoms with E-state index in [9.17, 15) is 13.2 Å². The van der Waals surface area contributed by atoms with Gasteiger partial charge in [0, 0.05) is 13.0 Å². The number of rotatable bonds is 3. The Bertz CT molecular complexity index is 391. The second-order valence-corrected chi connectivity index (χ2v) is 4.65. The molecule has 4 nitrogen and oxygen atoms in total. The van der Waals surface area contributed by atoms with Gasteiger partial charge in [-0.2, -0.15) is 18.2 Å². The van der Waals surface area contributed by atoms with Crippen molar-refractivity contribution in [2.75, 3.05) is 0 Å². The Hall–Kier alpha value is -1.11. The molecule has 0 bridgehead atoms. The molecule has 2 rings (SSSR count). The van der Waals surface area contributed by atoms with E-state index in [1.54, 1.807) is 6.92 Å². The molecule has 2 atom stereocenters. The van der Waals surface area contributed by atoms with Crippen LogP contribution in [0.2, 0.25) is 0 Å². The van der Waals surface area contributed by atoms with E-state index < -0.39 is 18.1 Å². The molecule has 1 saturated carbocycles. The molecule has 1 aromatic heterocycles. The second-order valence-electron chi connectivity index (χ2n) is 4.65. The van der Waals surface area contributed by atoms with E-state index in [-0.39, 0.29) is 13.0 Å². The van der Waals surface area contributed by atoms with Gasteiger partial charge >= 0.3 is 6.18 Å². The first-order valence-corrected chi connectivity index (χ1v) is 6.06. The Kier molecular flexibility index (Phi) is 3.89. The maximum atomic E-state index is 12.8. The third kappa shape index (κ3) is 3.22. The summed E-state index contributed by atoms with van der Waals surface area (Å²) < 4.78 is 43.3. The minimum atomic E-state index is -4.13. The van der Waals surface area contributed by atoms with Crippen LogP contribution in [0.1, 0.15) is 37.4 Å². The summed E-state index contributed by atoms with van der Waals surface area (Å²) in [4.78, 5) is 3.96. The van der Waals surface area contributed by atoms with Crippen molar-refractivity contribution in [1.29, 1.82) is 0 Å². The van der Waals surface area contributed by atoms with Crippen molar-refractivity contribution in [3.8, 4) is 0 Å². The summed E-state index contributed by atoms with van der Waals surface area (Å²) >= 11 is 0. The molecule has 0 aromatic carbocycles. The summed E-state index contributed by atoms with van der Waals surface area (Å²) in [7, 11) is 0. The number of aromatic nitrogens is 2. The van der Waals surface area contributed by atoms with E-state index in [0.29, 0.717) is 24.6 Å². The standard InChI is InChI=1S/C11H16F3N3O/c1-7-16-10(17-18-7)6-15-9-5-3-2-4-8(9)11(12,13)14/h8-9,15H,2-6H2,1H3/t8-,9+/m1/s1. The maximum absolute atomic E-state index is 12.8. The van der Waals surface area contributed by atoms with Crippen LogP contribution < -0.4 is 5.32 Å². The van der Waals surface area contributed by atoms with Crippen LogP contribution in [-0.2, 0) is 6.54 Å². The molecule has 102 valence electrons. The van der Waals surface area contributed by atoms with E-state index in [4.69, 9.17) is 4.52 Å². The van der Waals surface area contributed by atoms with Crippen molar-refractivity contribution in [2.24, 2.45) is 5.92 Å². The summed E-state index contributed by atoms with van der Waals surface area (Å²) in [6, 6.07) is -0.544. The van der Waals surface area contributed by atoms with E-state index >= 15 is 0 Å². The highest BCUT2D eigenvalue weighted by atomic mass is 19.4. The molecule has 0 radical (unpaired) electrons. The lowest BCUT2D eigenvalue weighted by Crippen LogP contribution is -2.45. The molecular weight excluding hydrogens is 247 g/mol. The zero-order valence-electron chi connectivity index (χ0n) is 10.1. The predicted octanol–water partition coefficient (Wildman–Crippen LogP) is 2.59. The predicted molar refractivity (Wildman–Crippen MR) is 57.7 cm³/mol. The lowest BCUT2D eigenvalue weighted by Gasteiger charge is -2.33. The Morgan fingerprint density at radius 3 is 2.67 bits per heavy atom. The van der Waals surface area contributed by atoms with E-state index in [1.165, 1.54) is 0 Å². The molecular formula is C11H16F3N3O. The third-order valence-corrected chi connectivity index (χ3v) is 3.28. The van der Waals surface area contributed by atoms with E-state index in [2.05, 4.69) is 15.5 Å².